The van der Waals surface area contributed by atoms with E-state index in [0.29, 0.717) is 12.0 Å². The summed E-state index contributed by atoms with van der Waals surface area (Å²) in [6, 6.07) is 13.8. The van der Waals surface area contributed by atoms with Gasteiger partial charge in [-0.2, -0.15) is 0 Å². The van der Waals surface area contributed by atoms with Crippen molar-refractivity contribution >= 4 is 60.7 Å². The van der Waals surface area contributed by atoms with Gasteiger partial charge in [0.2, 0.25) is 11.8 Å². The Hall–Kier alpha value is -3.68. The van der Waals surface area contributed by atoms with Crippen LogP contribution in [0.1, 0.15) is 38.3 Å². The predicted octanol–water partition coefficient (Wildman–Crippen LogP) is 5.86. The van der Waals surface area contributed by atoms with Gasteiger partial charge in [-0.05, 0) is 69.2 Å². The van der Waals surface area contributed by atoms with Crippen LogP contribution in [-0.4, -0.2) is 55.8 Å². The lowest BCUT2D eigenvalue weighted by molar-refractivity contribution is -0.385. The van der Waals surface area contributed by atoms with Gasteiger partial charge in [0.25, 0.3) is 15.7 Å². The van der Waals surface area contributed by atoms with E-state index in [0.717, 1.165) is 14.8 Å². The number of ether oxygens (including phenoxy) is 1. The van der Waals surface area contributed by atoms with E-state index in [1.165, 1.54) is 49.3 Å². The molecule has 236 valence electrons. The summed E-state index contributed by atoms with van der Waals surface area (Å²) in [4.78, 5) is 39.2. The minimum absolute atomic E-state index is 0.00220. The number of anilines is 1. The lowest BCUT2D eigenvalue weighted by Gasteiger charge is -2.33. The quantitative estimate of drug-likeness (QED) is 0.173. The molecule has 0 aliphatic carbocycles. The average Bonchev–Trinajstić information content (AvgIpc) is 2.98. The van der Waals surface area contributed by atoms with Crippen molar-refractivity contribution in [3.63, 3.8) is 0 Å². The molecular weight excluding hydrogens is 676 g/mol. The van der Waals surface area contributed by atoms with E-state index in [1.54, 1.807) is 31.2 Å². The molecule has 3 aromatic carbocycles. The van der Waals surface area contributed by atoms with Crippen molar-refractivity contribution < 1.29 is 27.7 Å². The highest BCUT2D eigenvalue weighted by molar-refractivity contribution is 9.10. The van der Waals surface area contributed by atoms with E-state index >= 15 is 0 Å². The number of sulfonamides is 1. The summed E-state index contributed by atoms with van der Waals surface area (Å²) >= 11 is 9.64. The first-order chi connectivity index (χ1) is 20.7. The molecule has 0 aliphatic heterocycles. The summed E-state index contributed by atoms with van der Waals surface area (Å²) in [5.41, 5.74) is 0.506. The van der Waals surface area contributed by atoms with Crippen LogP contribution in [0.3, 0.4) is 0 Å². The van der Waals surface area contributed by atoms with Gasteiger partial charge in [-0.1, -0.05) is 52.7 Å². The van der Waals surface area contributed by atoms with Crippen LogP contribution in [0.2, 0.25) is 5.02 Å². The number of methoxy groups -OCH3 is 1. The first-order valence-electron chi connectivity index (χ1n) is 13.6. The number of nitro benzene ring substituents is 1. The summed E-state index contributed by atoms with van der Waals surface area (Å²) < 4.78 is 35.4. The van der Waals surface area contributed by atoms with Crippen LogP contribution in [-0.2, 0) is 26.2 Å². The number of halogens is 2. The number of amides is 2. The second-order valence-corrected chi connectivity index (χ2v) is 13.4. The van der Waals surface area contributed by atoms with E-state index in [9.17, 15) is 28.1 Å². The molecule has 0 saturated carbocycles. The highest BCUT2D eigenvalue weighted by Gasteiger charge is 2.35. The van der Waals surface area contributed by atoms with Crippen LogP contribution in [0, 0.1) is 17.0 Å². The molecule has 1 N–H and O–H groups in total. The van der Waals surface area contributed by atoms with Gasteiger partial charge in [0.1, 0.15) is 18.3 Å². The van der Waals surface area contributed by atoms with Crippen molar-refractivity contribution in [3.8, 4) is 5.75 Å². The van der Waals surface area contributed by atoms with Gasteiger partial charge in [-0.15, -0.1) is 0 Å². The van der Waals surface area contributed by atoms with Gasteiger partial charge in [0.05, 0.1) is 22.6 Å². The predicted molar refractivity (Wildman–Crippen MR) is 172 cm³/mol. The zero-order chi connectivity index (χ0) is 32.8. The Morgan fingerprint density at radius 3 is 2.34 bits per heavy atom. The molecule has 2 atom stereocenters. The number of rotatable bonds is 13. The number of nitrogens with zero attached hydrogens (tertiary/aromatic N) is 3. The number of hydrogen-bond donors (Lipinski definition) is 1. The Morgan fingerprint density at radius 1 is 1.09 bits per heavy atom. The molecule has 0 aliphatic rings. The maximum absolute atomic E-state index is 14.2. The third-order valence-corrected chi connectivity index (χ3v) is 9.61. The van der Waals surface area contributed by atoms with Crippen molar-refractivity contribution in [2.24, 2.45) is 0 Å². The Kier molecular flexibility index (Phi) is 11.8. The topological polar surface area (TPSA) is 139 Å². The minimum Gasteiger partial charge on any atom is -0.495 e. The average molecular weight is 710 g/mol. The zero-order valence-corrected chi connectivity index (χ0v) is 28.1. The van der Waals surface area contributed by atoms with E-state index in [1.807, 2.05) is 13.8 Å². The van der Waals surface area contributed by atoms with E-state index in [2.05, 4.69) is 21.2 Å². The van der Waals surface area contributed by atoms with Crippen LogP contribution in [0.4, 0.5) is 11.4 Å². The van der Waals surface area contributed by atoms with Crippen molar-refractivity contribution in [1.29, 1.82) is 0 Å². The van der Waals surface area contributed by atoms with Crippen LogP contribution in [0.15, 0.2) is 70.0 Å². The highest BCUT2D eigenvalue weighted by atomic mass is 79.9. The van der Waals surface area contributed by atoms with Gasteiger partial charge >= 0.3 is 0 Å². The molecule has 44 heavy (non-hydrogen) atoms. The number of nitrogens with one attached hydrogen (secondary N) is 1. The maximum atomic E-state index is 14.2. The second kappa shape index (κ2) is 14.9. The Morgan fingerprint density at radius 2 is 1.75 bits per heavy atom. The molecule has 3 rings (SSSR count). The van der Waals surface area contributed by atoms with Crippen LogP contribution in [0.5, 0.6) is 5.75 Å². The second-order valence-electron chi connectivity index (χ2n) is 10.2. The molecule has 0 aromatic heterocycles. The van der Waals surface area contributed by atoms with Gasteiger partial charge in [0.15, 0.2) is 0 Å². The molecular formula is C30H34BrClN4O7S. The molecule has 11 nitrogen and oxygen atoms in total. The summed E-state index contributed by atoms with van der Waals surface area (Å²) in [6.45, 7) is 6.04. The minimum atomic E-state index is -4.62. The first-order valence-corrected chi connectivity index (χ1v) is 16.3. The number of aryl methyl sites for hydroxylation is 1. The number of carbonyl (C=O) groups excluding carboxylic acids is 2. The Labute approximate surface area is 270 Å². The lowest BCUT2D eigenvalue weighted by atomic mass is 10.1. The van der Waals surface area contributed by atoms with Crippen molar-refractivity contribution in [3.05, 3.63) is 91.4 Å². The number of hydrogen-bond acceptors (Lipinski definition) is 7. The smallest absolute Gasteiger partial charge is 0.273 e. The fourth-order valence-electron chi connectivity index (χ4n) is 4.28. The zero-order valence-electron chi connectivity index (χ0n) is 24.9. The van der Waals surface area contributed by atoms with Crippen molar-refractivity contribution in [2.45, 2.75) is 57.6 Å². The molecule has 0 saturated heterocycles. The molecule has 0 radical (unpaired) electrons. The van der Waals surface area contributed by atoms with Gasteiger partial charge < -0.3 is 15.0 Å². The highest BCUT2D eigenvalue weighted by Crippen LogP contribution is 2.36. The molecule has 0 heterocycles. The molecule has 0 bridgehead atoms. The number of nitro groups is 1. The molecule has 14 heteroatoms. The molecule has 0 spiro atoms. The fourth-order valence-corrected chi connectivity index (χ4v) is 6.15. The van der Waals surface area contributed by atoms with Gasteiger partial charge in [-0.3, -0.25) is 24.0 Å². The summed E-state index contributed by atoms with van der Waals surface area (Å²) in [5.74, 6) is -1.02. The van der Waals surface area contributed by atoms with Gasteiger partial charge in [0, 0.05) is 33.7 Å². The van der Waals surface area contributed by atoms with E-state index in [-0.39, 0.29) is 34.6 Å². The maximum Gasteiger partial charge on any atom is 0.273 e. The Balaban J connectivity index is 2.15. The summed E-state index contributed by atoms with van der Waals surface area (Å²) in [5, 5.41) is 14.7. The molecule has 0 unspecified atom stereocenters. The normalized spacial score (nSPS) is 12.6. The standard InChI is InChI=1S/C30H34BrClN4O7S/c1-6-20(3)33-30(38)21(4)34(17-22-8-10-23(31)11-9-22)29(37)18-35(27-15-24(32)12-14-28(27)43-5)44(41,42)25-13-7-19(2)26(16-25)36(39)40/h7-16,20-21H,6,17-18H2,1-5H3,(H,33,38)/t20-,21+/m0/s1. The largest absolute Gasteiger partial charge is 0.495 e. The monoisotopic (exact) mass is 708 g/mol. The van der Waals surface area contributed by atoms with Crippen LogP contribution < -0.4 is 14.4 Å². The third kappa shape index (κ3) is 8.27. The van der Waals surface area contributed by atoms with Gasteiger partial charge in [-0.25, -0.2) is 8.42 Å². The lowest BCUT2D eigenvalue weighted by Crippen LogP contribution is -2.52. The number of carbonyl (C=O) groups is 2. The van der Waals surface area contributed by atoms with Crippen molar-refractivity contribution in [1.82, 2.24) is 10.2 Å². The van der Waals surface area contributed by atoms with Crippen LogP contribution in [0.25, 0.3) is 0 Å². The van der Waals surface area contributed by atoms with E-state index < -0.39 is 49.9 Å². The fraction of sp³-hybridized carbons (Fsp3) is 0.333. The summed E-state index contributed by atoms with van der Waals surface area (Å²) in [7, 11) is -3.29. The Bertz CT molecular complexity index is 1640. The van der Waals surface area contributed by atoms with Crippen molar-refractivity contribution in [2.75, 3.05) is 18.0 Å². The first kappa shape index (κ1) is 34.8. The molecule has 2 amide bonds. The molecule has 3 aromatic rings. The third-order valence-electron chi connectivity index (χ3n) is 7.09. The SMILES string of the molecule is CC[C@H](C)NC(=O)[C@@H](C)N(Cc1ccc(Br)cc1)C(=O)CN(c1cc(Cl)ccc1OC)S(=O)(=O)c1ccc(C)c([N+](=O)[O-])c1. The summed E-state index contributed by atoms with van der Waals surface area (Å²) in [6.07, 6.45) is 0.669. The van der Waals surface area contributed by atoms with Crippen LogP contribution >= 0.6 is 27.5 Å². The number of benzene rings is 3. The molecule has 0 fully saturated rings. The van der Waals surface area contributed by atoms with E-state index in [4.69, 9.17) is 16.3 Å².